The van der Waals surface area contributed by atoms with Crippen LogP contribution in [0, 0.1) is 0 Å². The van der Waals surface area contributed by atoms with Crippen LogP contribution in [0.5, 0.6) is 0 Å². The van der Waals surface area contributed by atoms with Crippen molar-refractivity contribution < 1.29 is 14.7 Å². The fraction of sp³-hybridized carbons (Fsp3) is 0.0500. The summed E-state index contributed by atoms with van der Waals surface area (Å²) in [5, 5.41) is 12.7. The van der Waals surface area contributed by atoms with Crippen molar-refractivity contribution >= 4 is 34.4 Å². The summed E-state index contributed by atoms with van der Waals surface area (Å²) in [7, 11) is 0. The number of aromatic nitrogens is 4. The van der Waals surface area contributed by atoms with Gasteiger partial charge in [0, 0.05) is 35.5 Å². The molecular formula is C20H14ClN5O4. The van der Waals surface area contributed by atoms with E-state index in [0.717, 1.165) is 0 Å². The van der Waals surface area contributed by atoms with Gasteiger partial charge in [-0.15, -0.1) is 0 Å². The first-order chi connectivity index (χ1) is 14.4. The second kappa shape index (κ2) is 7.80. The lowest BCUT2D eigenvalue weighted by atomic mass is 10.1. The van der Waals surface area contributed by atoms with Crippen LogP contribution in [0.4, 0.5) is 0 Å². The van der Waals surface area contributed by atoms with Gasteiger partial charge in [-0.3, -0.25) is 14.2 Å². The Labute approximate surface area is 174 Å². The summed E-state index contributed by atoms with van der Waals surface area (Å²) in [5.74, 6) is -1.08. The molecule has 0 aliphatic rings. The Balaban J connectivity index is 1.57. The van der Waals surface area contributed by atoms with Crippen molar-refractivity contribution in [1.29, 1.82) is 0 Å². The fourth-order valence-corrected chi connectivity index (χ4v) is 3.25. The first kappa shape index (κ1) is 19.3. The summed E-state index contributed by atoms with van der Waals surface area (Å²) in [6, 6.07) is 7.72. The Hall–Kier alpha value is -3.98. The average molecular weight is 424 g/mol. The van der Waals surface area contributed by atoms with E-state index in [-0.39, 0.29) is 18.0 Å². The van der Waals surface area contributed by atoms with Gasteiger partial charge in [-0.05, 0) is 35.9 Å². The second-order valence-corrected chi connectivity index (χ2v) is 6.84. The van der Waals surface area contributed by atoms with Crippen LogP contribution >= 0.6 is 11.6 Å². The number of aromatic carboxylic acids is 1. The van der Waals surface area contributed by atoms with E-state index in [1.807, 2.05) is 0 Å². The highest BCUT2D eigenvalue weighted by molar-refractivity contribution is 6.31. The molecule has 4 rings (SSSR count). The number of hydrogen-bond acceptors (Lipinski definition) is 5. The zero-order chi connectivity index (χ0) is 21.3. The number of fused-ring (bicyclic) bond motifs is 1. The number of halogens is 1. The normalized spacial score (nSPS) is 10.8. The topological polar surface area (TPSA) is 130 Å². The number of benzene rings is 1. The van der Waals surface area contributed by atoms with E-state index in [4.69, 9.17) is 16.7 Å². The van der Waals surface area contributed by atoms with Crippen LogP contribution in [0.2, 0.25) is 5.02 Å². The number of carbonyl (C=O) groups excluding carboxylic acids is 1. The highest BCUT2D eigenvalue weighted by Gasteiger charge is 2.14. The predicted molar refractivity (Wildman–Crippen MR) is 109 cm³/mol. The molecule has 150 valence electrons. The molecule has 0 atom stereocenters. The Morgan fingerprint density at radius 1 is 1.23 bits per heavy atom. The lowest BCUT2D eigenvalue weighted by Crippen LogP contribution is -2.24. The molecule has 1 aromatic carbocycles. The monoisotopic (exact) mass is 423 g/mol. The number of nitrogens with one attached hydrogen (secondary N) is 2. The molecular weight excluding hydrogens is 410 g/mol. The minimum absolute atomic E-state index is 0.0710. The van der Waals surface area contributed by atoms with E-state index in [2.05, 4.69) is 20.3 Å². The standard InChI is InChI=1S/C20H14ClN5O4/c21-14-5-12-7-15(20(29)30)19(28)25-17(12)13(6-14)9-24-18(27)11-1-2-16(23-8-11)26-4-3-22-10-26/h1-8,10H,9H2,(H,24,27)(H,25,28)(H,29,30). The summed E-state index contributed by atoms with van der Waals surface area (Å²) < 4.78 is 1.71. The lowest BCUT2D eigenvalue weighted by Gasteiger charge is -2.10. The Morgan fingerprint density at radius 3 is 2.73 bits per heavy atom. The van der Waals surface area contributed by atoms with Crippen LogP contribution in [0.1, 0.15) is 26.3 Å². The quantitative estimate of drug-likeness (QED) is 0.452. The van der Waals surface area contributed by atoms with Gasteiger partial charge < -0.3 is 15.4 Å². The van der Waals surface area contributed by atoms with Crippen molar-refractivity contribution in [3.63, 3.8) is 0 Å². The summed E-state index contributed by atoms with van der Waals surface area (Å²) in [4.78, 5) is 46.4. The number of rotatable bonds is 5. The van der Waals surface area contributed by atoms with Gasteiger partial charge in [0.1, 0.15) is 17.7 Å². The molecule has 0 radical (unpaired) electrons. The van der Waals surface area contributed by atoms with Crippen LogP contribution in [0.25, 0.3) is 16.7 Å². The van der Waals surface area contributed by atoms with Gasteiger partial charge in [0.15, 0.2) is 0 Å². The second-order valence-electron chi connectivity index (χ2n) is 6.40. The van der Waals surface area contributed by atoms with Crippen molar-refractivity contribution in [2.75, 3.05) is 0 Å². The van der Waals surface area contributed by atoms with E-state index in [1.54, 1.807) is 47.6 Å². The minimum Gasteiger partial charge on any atom is -0.477 e. The molecule has 3 aromatic heterocycles. The molecule has 1 amide bonds. The maximum Gasteiger partial charge on any atom is 0.341 e. The van der Waals surface area contributed by atoms with Crippen LogP contribution in [0.15, 0.2) is 60.0 Å². The maximum absolute atomic E-state index is 12.5. The molecule has 0 unspecified atom stereocenters. The Kier molecular flexibility index (Phi) is 5.03. The number of carboxylic acid groups (broad SMARTS) is 1. The average Bonchev–Trinajstić information content (AvgIpc) is 3.26. The highest BCUT2D eigenvalue weighted by Crippen LogP contribution is 2.22. The van der Waals surface area contributed by atoms with Gasteiger partial charge in [-0.2, -0.15) is 0 Å². The highest BCUT2D eigenvalue weighted by atomic mass is 35.5. The summed E-state index contributed by atoms with van der Waals surface area (Å²) in [6.07, 6.45) is 6.41. The summed E-state index contributed by atoms with van der Waals surface area (Å²) in [5.41, 5.74) is 0.186. The van der Waals surface area contributed by atoms with E-state index in [9.17, 15) is 14.4 Å². The van der Waals surface area contributed by atoms with Crippen LogP contribution in [-0.2, 0) is 6.54 Å². The molecule has 0 aliphatic carbocycles. The molecule has 4 aromatic rings. The van der Waals surface area contributed by atoms with E-state index in [1.165, 1.54) is 12.3 Å². The van der Waals surface area contributed by atoms with E-state index >= 15 is 0 Å². The van der Waals surface area contributed by atoms with Gasteiger partial charge in [0.05, 0.1) is 11.1 Å². The maximum atomic E-state index is 12.5. The molecule has 0 saturated carbocycles. The zero-order valence-corrected chi connectivity index (χ0v) is 16.1. The number of pyridine rings is 2. The molecule has 3 N–H and O–H groups in total. The molecule has 3 heterocycles. The van der Waals surface area contributed by atoms with Crippen molar-refractivity contribution in [3.05, 3.63) is 87.3 Å². The molecule has 10 heteroatoms. The minimum atomic E-state index is -1.33. The van der Waals surface area contributed by atoms with Crippen molar-refractivity contribution in [3.8, 4) is 5.82 Å². The van der Waals surface area contributed by atoms with Crippen molar-refractivity contribution in [2.45, 2.75) is 6.54 Å². The Bertz CT molecular complexity index is 1310. The summed E-state index contributed by atoms with van der Waals surface area (Å²) in [6.45, 7) is 0.0710. The third-order valence-electron chi connectivity index (χ3n) is 4.45. The summed E-state index contributed by atoms with van der Waals surface area (Å²) >= 11 is 6.12. The number of aromatic amines is 1. The smallest absolute Gasteiger partial charge is 0.341 e. The third kappa shape index (κ3) is 3.78. The van der Waals surface area contributed by atoms with Crippen molar-refractivity contribution in [1.82, 2.24) is 24.8 Å². The first-order valence-corrected chi connectivity index (χ1v) is 9.11. The molecule has 30 heavy (non-hydrogen) atoms. The number of nitrogens with zero attached hydrogens (tertiary/aromatic N) is 3. The predicted octanol–water partition coefficient (Wildman–Crippen LogP) is 2.39. The molecule has 0 aliphatic heterocycles. The van der Waals surface area contributed by atoms with Gasteiger partial charge in [0.2, 0.25) is 0 Å². The number of imidazole rings is 1. The van der Waals surface area contributed by atoms with Crippen LogP contribution in [0.3, 0.4) is 0 Å². The van der Waals surface area contributed by atoms with Gasteiger partial charge in [-0.1, -0.05) is 11.6 Å². The number of amides is 1. The SMILES string of the molecule is O=C(NCc1cc(Cl)cc2cc(C(=O)O)c(=O)[nH]c12)c1ccc(-n2ccnc2)nc1. The van der Waals surface area contributed by atoms with E-state index in [0.29, 0.717) is 32.9 Å². The van der Waals surface area contributed by atoms with Crippen LogP contribution in [-0.4, -0.2) is 36.5 Å². The largest absolute Gasteiger partial charge is 0.477 e. The molecule has 0 bridgehead atoms. The number of carboxylic acids is 1. The molecule has 0 saturated heterocycles. The van der Waals surface area contributed by atoms with Crippen LogP contribution < -0.4 is 10.9 Å². The number of hydrogen-bond donors (Lipinski definition) is 3. The first-order valence-electron chi connectivity index (χ1n) is 8.74. The Morgan fingerprint density at radius 2 is 2.07 bits per heavy atom. The molecule has 0 fully saturated rings. The number of carbonyl (C=O) groups is 2. The third-order valence-corrected chi connectivity index (χ3v) is 4.67. The molecule has 9 nitrogen and oxygen atoms in total. The number of H-pyrrole nitrogens is 1. The van der Waals surface area contributed by atoms with Crippen molar-refractivity contribution in [2.24, 2.45) is 0 Å². The zero-order valence-electron chi connectivity index (χ0n) is 15.3. The van der Waals surface area contributed by atoms with Gasteiger partial charge in [0.25, 0.3) is 11.5 Å². The van der Waals surface area contributed by atoms with E-state index < -0.39 is 11.5 Å². The lowest BCUT2D eigenvalue weighted by molar-refractivity contribution is 0.0695. The van der Waals surface area contributed by atoms with Gasteiger partial charge in [-0.25, -0.2) is 14.8 Å². The van der Waals surface area contributed by atoms with Gasteiger partial charge >= 0.3 is 5.97 Å². The molecule has 0 spiro atoms. The fourth-order valence-electron chi connectivity index (χ4n) is 3.00.